The third-order valence-electron chi connectivity index (χ3n) is 4.67. The number of ether oxygens (including phenoxy) is 1. The average Bonchev–Trinajstić information content (AvgIpc) is 3.03. The molecule has 0 atom stereocenters. The zero-order valence-corrected chi connectivity index (χ0v) is 15.2. The smallest absolute Gasteiger partial charge is 0.0598 e. The minimum absolute atomic E-state index is 0.0131. The van der Waals surface area contributed by atoms with Crippen LogP contribution in [0.15, 0.2) is 0 Å². The van der Waals surface area contributed by atoms with Gasteiger partial charge in [-0.1, -0.05) is 0 Å². The minimum Gasteiger partial charge on any atom is -0.375 e. The summed E-state index contributed by atoms with van der Waals surface area (Å²) in [6.07, 6.45) is 10.6. The maximum Gasteiger partial charge on any atom is 0.0598 e. The molecule has 0 amide bonds. The fraction of sp³-hybridized carbons (Fsp3) is 1.00. The molecular formula is C17H35NOS. The summed E-state index contributed by atoms with van der Waals surface area (Å²) in [5.74, 6) is 2.93. The van der Waals surface area contributed by atoms with Gasteiger partial charge in [-0.05, 0) is 83.6 Å². The molecule has 2 nitrogen and oxygen atoms in total. The summed E-state index contributed by atoms with van der Waals surface area (Å²) < 4.78 is 6.06. The van der Waals surface area contributed by atoms with Crippen LogP contribution in [0.2, 0.25) is 0 Å². The van der Waals surface area contributed by atoms with Gasteiger partial charge in [0.1, 0.15) is 0 Å². The van der Waals surface area contributed by atoms with Crippen LogP contribution in [0.25, 0.3) is 0 Å². The van der Waals surface area contributed by atoms with Crippen LogP contribution in [0.1, 0.15) is 46.5 Å². The first-order valence-electron chi connectivity index (χ1n) is 8.25. The van der Waals surface area contributed by atoms with E-state index in [1.165, 1.54) is 56.8 Å². The first kappa shape index (κ1) is 16.6. The Morgan fingerprint density at radius 1 is 1.05 bits per heavy atom. The second kappa shape index (κ2) is 6.18. The second-order valence-electron chi connectivity index (χ2n) is 8.56. The van der Waals surface area contributed by atoms with E-state index in [0.29, 0.717) is 5.41 Å². The molecule has 0 aromatic carbocycles. The highest BCUT2D eigenvalue weighted by Crippen LogP contribution is 2.48. The van der Waals surface area contributed by atoms with E-state index < -0.39 is 0 Å². The van der Waals surface area contributed by atoms with Crippen molar-refractivity contribution in [1.29, 1.82) is 0 Å². The molecule has 1 aliphatic heterocycles. The van der Waals surface area contributed by atoms with Gasteiger partial charge in [-0.15, -0.1) is 0 Å². The Bertz CT molecular complexity index is 305. The van der Waals surface area contributed by atoms with Crippen molar-refractivity contribution in [2.45, 2.75) is 52.1 Å². The van der Waals surface area contributed by atoms with Crippen LogP contribution in [0.4, 0.5) is 0 Å². The first-order valence-corrected chi connectivity index (χ1v) is 11.0. The monoisotopic (exact) mass is 301 g/mol. The van der Waals surface area contributed by atoms with Gasteiger partial charge in [0, 0.05) is 12.0 Å². The van der Waals surface area contributed by atoms with Crippen molar-refractivity contribution in [2.24, 2.45) is 5.41 Å². The topological polar surface area (TPSA) is 12.5 Å². The molecule has 1 saturated heterocycles. The number of hydrogen-bond acceptors (Lipinski definition) is 2. The highest BCUT2D eigenvalue weighted by atomic mass is 32.3. The van der Waals surface area contributed by atoms with E-state index in [2.05, 4.69) is 38.2 Å². The molecule has 1 aliphatic carbocycles. The van der Waals surface area contributed by atoms with E-state index in [4.69, 9.17) is 4.74 Å². The Labute approximate surface area is 127 Å². The highest BCUT2D eigenvalue weighted by Gasteiger charge is 2.44. The van der Waals surface area contributed by atoms with Crippen LogP contribution in [-0.4, -0.2) is 60.8 Å². The van der Waals surface area contributed by atoms with Crippen LogP contribution in [0, 0.1) is 5.41 Å². The molecule has 0 bridgehead atoms. The van der Waals surface area contributed by atoms with E-state index in [-0.39, 0.29) is 15.6 Å². The van der Waals surface area contributed by atoms with Crippen molar-refractivity contribution < 1.29 is 4.74 Å². The minimum atomic E-state index is -0.275. The molecule has 2 fully saturated rings. The quantitative estimate of drug-likeness (QED) is 0.784. The summed E-state index contributed by atoms with van der Waals surface area (Å²) in [5.41, 5.74) is 0.508. The lowest BCUT2D eigenvalue weighted by Gasteiger charge is -2.37. The third kappa shape index (κ3) is 5.57. The maximum atomic E-state index is 6.06. The average molecular weight is 302 g/mol. The second-order valence-corrected chi connectivity index (χ2v) is 12.9. The summed E-state index contributed by atoms with van der Waals surface area (Å²) in [7, 11) is -0.275. The van der Waals surface area contributed by atoms with E-state index in [0.717, 1.165) is 6.61 Å². The van der Waals surface area contributed by atoms with Crippen molar-refractivity contribution in [1.82, 2.24) is 4.90 Å². The largest absolute Gasteiger partial charge is 0.375 e. The maximum absolute atomic E-state index is 6.06. The van der Waals surface area contributed by atoms with Crippen molar-refractivity contribution >= 4 is 10.0 Å². The van der Waals surface area contributed by atoms with Crippen LogP contribution < -0.4 is 0 Å². The molecular weight excluding hydrogens is 266 g/mol. The summed E-state index contributed by atoms with van der Waals surface area (Å²) in [4.78, 5) is 2.73. The van der Waals surface area contributed by atoms with E-state index >= 15 is 0 Å². The Morgan fingerprint density at radius 2 is 1.60 bits per heavy atom. The first-order chi connectivity index (χ1) is 9.20. The molecule has 0 unspecified atom stereocenters. The highest BCUT2D eigenvalue weighted by molar-refractivity contribution is 8.32. The molecule has 3 heteroatoms. The Morgan fingerprint density at radius 3 is 2.05 bits per heavy atom. The zero-order valence-electron chi connectivity index (χ0n) is 14.3. The van der Waals surface area contributed by atoms with Gasteiger partial charge in [-0.25, -0.2) is 10.0 Å². The predicted molar refractivity (Wildman–Crippen MR) is 92.2 cm³/mol. The molecule has 2 aliphatic rings. The Balaban J connectivity index is 1.78. The summed E-state index contributed by atoms with van der Waals surface area (Å²) in [5, 5.41) is 0. The standard InChI is InChI=1S/C17H35NOS/c1-16(2,3)19-15-17(8-9-17)14-18-10-6-12-20(4,5)13-7-11-18/h6-15H2,1-5H3. The van der Waals surface area contributed by atoms with Crippen molar-refractivity contribution in [3.05, 3.63) is 0 Å². The molecule has 0 aromatic rings. The van der Waals surface area contributed by atoms with Crippen LogP contribution in [0.3, 0.4) is 0 Å². The number of rotatable bonds is 4. The van der Waals surface area contributed by atoms with E-state index in [9.17, 15) is 0 Å². The van der Waals surface area contributed by atoms with Gasteiger partial charge in [-0.3, -0.25) is 0 Å². The Kier molecular flexibility index (Phi) is 5.14. The number of nitrogens with zero attached hydrogens (tertiary/aromatic N) is 1. The van der Waals surface area contributed by atoms with Gasteiger partial charge in [0.25, 0.3) is 0 Å². The Hall–Kier alpha value is 0.270. The van der Waals surface area contributed by atoms with Gasteiger partial charge in [0.2, 0.25) is 0 Å². The molecule has 0 aromatic heterocycles. The van der Waals surface area contributed by atoms with Gasteiger partial charge in [0.15, 0.2) is 0 Å². The SMILES string of the molecule is CC(C)(C)OCC1(CN2CCCS(C)(C)CCC2)CC1. The van der Waals surface area contributed by atoms with Gasteiger partial charge < -0.3 is 9.64 Å². The lowest BCUT2D eigenvalue weighted by atomic mass is 10.1. The van der Waals surface area contributed by atoms with Crippen LogP contribution in [0.5, 0.6) is 0 Å². The van der Waals surface area contributed by atoms with E-state index in [1.54, 1.807) is 0 Å². The fourth-order valence-electron chi connectivity index (χ4n) is 3.10. The summed E-state index contributed by atoms with van der Waals surface area (Å²) in [6.45, 7) is 11.4. The molecule has 0 spiro atoms. The van der Waals surface area contributed by atoms with E-state index in [1.807, 2.05) is 0 Å². The zero-order chi connectivity index (χ0) is 14.9. The van der Waals surface area contributed by atoms with Crippen molar-refractivity contribution in [3.8, 4) is 0 Å². The van der Waals surface area contributed by atoms with Crippen molar-refractivity contribution in [3.63, 3.8) is 0 Å². The van der Waals surface area contributed by atoms with Crippen molar-refractivity contribution in [2.75, 3.05) is 50.3 Å². The normalized spacial score (nSPS) is 28.4. The lowest BCUT2D eigenvalue weighted by molar-refractivity contribution is -0.0340. The predicted octanol–water partition coefficient (Wildman–Crippen LogP) is 3.74. The molecule has 1 heterocycles. The third-order valence-corrected chi connectivity index (χ3v) is 7.46. The molecule has 20 heavy (non-hydrogen) atoms. The van der Waals surface area contributed by atoms with Crippen LogP contribution >= 0.6 is 10.0 Å². The number of hydrogen-bond donors (Lipinski definition) is 0. The fourth-order valence-corrected chi connectivity index (χ4v) is 5.12. The molecule has 0 radical (unpaired) electrons. The molecule has 0 N–H and O–H groups in total. The van der Waals surface area contributed by atoms with Gasteiger partial charge in [0.05, 0.1) is 12.2 Å². The molecule has 1 saturated carbocycles. The summed E-state index contributed by atoms with van der Waals surface area (Å²) >= 11 is 0. The summed E-state index contributed by atoms with van der Waals surface area (Å²) in [6, 6.07) is 0. The van der Waals surface area contributed by atoms with Crippen LogP contribution in [-0.2, 0) is 4.74 Å². The van der Waals surface area contributed by atoms with Gasteiger partial charge in [-0.2, -0.15) is 0 Å². The lowest BCUT2D eigenvalue weighted by Crippen LogP contribution is -2.37. The molecule has 2 rings (SSSR count). The van der Waals surface area contributed by atoms with Gasteiger partial charge >= 0.3 is 0 Å². The molecule has 120 valence electrons.